The normalized spacial score (nSPS) is 10.6. The molecular formula is C12H10ClN3. The number of benzene rings is 1. The summed E-state index contributed by atoms with van der Waals surface area (Å²) >= 11 is 5.77. The van der Waals surface area contributed by atoms with Crippen LogP contribution in [-0.4, -0.2) is 11.2 Å². The van der Waals surface area contributed by atoms with Gasteiger partial charge in [0, 0.05) is 17.4 Å². The van der Waals surface area contributed by atoms with Crippen molar-refractivity contribution >= 4 is 23.5 Å². The Hall–Kier alpha value is -1.87. The molecule has 3 nitrogen and oxygen atoms in total. The fourth-order valence-corrected chi connectivity index (χ4v) is 1.28. The van der Waals surface area contributed by atoms with Crippen molar-refractivity contribution < 1.29 is 0 Å². The zero-order valence-electron chi connectivity index (χ0n) is 8.47. The van der Waals surface area contributed by atoms with Crippen LogP contribution in [0.4, 0.5) is 5.69 Å². The number of nitrogens with zero attached hydrogens (tertiary/aromatic N) is 2. The molecule has 0 aliphatic heterocycles. The largest absolute Gasteiger partial charge is 0.279 e. The van der Waals surface area contributed by atoms with Crippen LogP contribution in [0.1, 0.15) is 5.56 Å². The van der Waals surface area contributed by atoms with Crippen molar-refractivity contribution in [3.8, 4) is 0 Å². The standard InChI is InChI=1S/C12H10ClN3/c13-11-1-3-12(4-2-11)16-15-9-10-5-7-14-8-6-10/h1-9,16H. The average Bonchev–Trinajstić information content (AvgIpc) is 2.33. The van der Waals surface area contributed by atoms with E-state index in [0.717, 1.165) is 11.3 Å². The van der Waals surface area contributed by atoms with Crippen LogP contribution >= 0.6 is 11.6 Å². The molecule has 2 rings (SSSR count). The third-order valence-corrected chi connectivity index (χ3v) is 2.21. The van der Waals surface area contributed by atoms with Crippen molar-refractivity contribution in [1.82, 2.24) is 4.98 Å². The fourth-order valence-electron chi connectivity index (χ4n) is 1.16. The Kier molecular flexibility index (Phi) is 3.51. The van der Waals surface area contributed by atoms with Gasteiger partial charge in [0.25, 0.3) is 0 Å². The van der Waals surface area contributed by atoms with Gasteiger partial charge in [0.2, 0.25) is 0 Å². The van der Waals surface area contributed by atoms with Gasteiger partial charge in [-0.15, -0.1) is 0 Å². The van der Waals surface area contributed by atoms with E-state index in [9.17, 15) is 0 Å². The minimum absolute atomic E-state index is 0.712. The minimum atomic E-state index is 0.712. The Morgan fingerprint density at radius 3 is 2.44 bits per heavy atom. The zero-order valence-corrected chi connectivity index (χ0v) is 9.22. The number of rotatable bonds is 3. The van der Waals surface area contributed by atoms with Crippen LogP contribution in [0.2, 0.25) is 5.02 Å². The maximum absolute atomic E-state index is 5.77. The van der Waals surface area contributed by atoms with E-state index in [1.807, 2.05) is 36.4 Å². The second kappa shape index (κ2) is 5.28. The van der Waals surface area contributed by atoms with Crippen molar-refractivity contribution in [3.05, 3.63) is 59.4 Å². The summed E-state index contributed by atoms with van der Waals surface area (Å²) in [5.41, 5.74) is 4.81. The maximum atomic E-state index is 5.77. The van der Waals surface area contributed by atoms with E-state index in [4.69, 9.17) is 11.6 Å². The molecule has 0 amide bonds. The molecule has 0 radical (unpaired) electrons. The molecule has 0 aliphatic carbocycles. The van der Waals surface area contributed by atoms with E-state index in [2.05, 4.69) is 15.5 Å². The van der Waals surface area contributed by atoms with Gasteiger partial charge in [0.05, 0.1) is 11.9 Å². The molecule has 1 N–H and O–H groups in total. The van der Waals surface area contributed by atoms with E-state index in [1.165, 1.54) is 0 Å². The van der Waals surface area contributed by atoms with Crippen molar-refractivity contribution in [3.63, 3.8) is 0 Å². The van der Waals surface area contributed by atoms with Gasteiger partial charge in [-0.3, -0.25) is 10.4 Å². The summed E-state index contributed by atoms with van der Waals surface area (Å²) in [7, 11) is 0. The first-order valence-electron chi connectivity index (χ1n) is 4.79. The Balaban J connectivity index is 1.97. The van der Waals surface area contributed by atoms with Gasteiger partial charge in [-0.2, -0.15) is 5.10 Å². The summed E-state index contributed by atoms with van der Waals surface area (Å²) in [4.78, 5) is 3.92. The molecule has 0 fully saturated rings. The molecule has 0 saturated heterocycles. The third kappa shape index (κ3) is 3.07. The Labute approximate surface area is 98.8 Å². The minimum Gasteiger partial charge on any atom is -0.279 e. The van der Waals surface area contributed by atoms with Crippen LogP contribution in [-0.2, 0) is 0 Å². The highest BCUT2D eigenvalue weighted by atomic mass is 35.5. The topological polar surface area (TPSA) is 37.3 Å². The molecule has 1 aromatic heterocycles. The molecule has 80 valence electrons. The molecule has 0 bridgehead atoms. The van der Waals surface area contributed by atoms with E-state index in [-0.39, 0.29) is 0 Å². The third-order valence-electron chi connectivity index (χ3n) is 1.96. The summed E-state index contributed by atoms with van der Waals surface area (Å²) in [6.45, 7) is 0. The van der Waals surface area contributed by atoms with E-state index in [0.29, 0.717) is 5.02 Å². The van der Waals surface area contributed by atoms with Gasteiger partial charge >= 0.3 is 0 Å². The first kappa shape index (κ1) is 10.6. The summed E-state index contributed by atoms with van der Waals surface area (Å²) in [6, 6.07) is 11.1. The average molecular weight is 232 g/mol. The van der Waals surface area contributed by atoms with Gasteiger partial charge in [-0.1, -0.05) is 11.6 Å². The lowest BCUT2D eigenvalue weighted by Crippen LogP contribution is -1.90. The molecule has 16 heavy (non-hydrogen) atoms. The first-order chi connectivity index (χ1) is 7.84. The smallest absolute Gasteiger partial charge is 0.0562 e. The van der Waals surface area contributed by atoms with Gasteiger partial charge in [0.1, 0.15) is 0 Å². The van der Waals surface area contributed by atoms with Crippen LogP contribution in [0.5, 0.6) is 0 Å². The van der Waals surface area contributed by atoms with Crippen molar-refractivity contribution in [1.29, 1.82) is 0 Å². The number of anilines is 1. The van der Waals surface area contributed by atoms with Crippen molar-refractivity contribution in [2.45, 2.75) is 0 Å². The molecule has 0 aliphatic rings. The molecule has 0 atom stereocenters. The molecular weight excluding hydrogens is 222 g/mol. The van der Waals surface area contributed by atoms with Crippen LogP contribution in [0.25, 0.3) is 0 Å². The van der Waals surface area contributed by atoms with E-state index < -0.39 is 0 Å². The second-order valence-electron chi connectivity index (χ2n) is 3.16. The number of hydrogen-bond donors (Lipinski definition) is 1. The highest BCUT2D eigenvalue weighted by Crippen LogP contribution is 2.12. The Bertz CT molecular complexity index is 465. The predicted octanol–water partition coefficient (Wildman–Crippen LogP) is 3.18. The molecule has 0 spiro atoms. The summed E-state index contributed by atoms with van der Waals surface area (Å²) in [5.74, 6) is 0. The maximum Gasteiger partial charge on any atom is 0.0562 e. The van der Waals surface area contributed by atoms with Crippen molar-refractivity contribution in [2.75, 3.05) is 5.43 Å². The molecule has 2 aromatic rings. The molecule has 1 heterocycles. The molecule has 4 heteroatoms. The van der Waals surface area contributed by atoms with Crippen LogP contribution in [0.15, 0.2) is 53.9 Å². The highest BCUT2D eigenvalue weighted by Gasteiger charge is 1.89. The molecule has 0 unspecified atom stereocenters. The lowest BCUT2D eigenvalue weighted by molar-refractivity contribution is 1.31. The number of halogens is 1. The predicted molar refractivity (Wildman–Crippen MR) is 66.9 cm³/mol. The van der Waals surface area contributed by atoms with Gasteiger partial charge in [-0.05, 0) is 42.0 Å². The van der Waals surface area contributed by atoms with Crippen LogP contribution < -0.4 is 5.43 Å². The SMILES string of the molecule is Clc1ccc(NN=Cc2ccncc2)cc1. The summed E-state index contributed by atoms with van der Waals surface area (Å²) in [6.07, 6.45) is 5.18. The molecule has 1 aromatic carbocycles. The highest BCUT2D eigenvalue weighted by molar-refractivity contribution is 6.30. The quantitative estimate of drug-likeness (QED) is 0.651. The number of aromatic nitrogens is 1. The van der Waals surface area contributed by atoms with Crippen molar-refractivity contribution in [2.24, 2.45) is 5.10 Å². The van der Waals surface area contributed by atoms with Gasteiger partial charge < -0.3 is 0 Å². The number of hydrazone groups is 1. The zero-order chi connectivity index (χ0) is 11.2. The molecule has 0 saturated carbocycles. The first-order valence-corrected chi connectivity index (χ1v) is 5.17. The summed E-state index contributed by atoms with van der Waals surface area (Å²) < 4.78 is 0. The monoisotopic (exact) mass is 231 g/mol. The van der Waals surface area contributed by atoms with E-state index >= 15 is 0 Å². The number of nitrogens with one attached hydrogen (secondary N) is 1. The van der Waals surface area contributed by atoms with Crippen LogP contribution in [0.3, 0.4) is 0 Å². The second-order valence-corrected chi connectivity index (χ2v) is 3.59. The van der Waals surface area contributed by atoms with E-state index in [1.54, 1.807) is 18.6 Å². The Morgan fingerprint density at radius 2 is 1.75 bits per heavy atom. The lowest BCUT2D eigenvalue weighted by Gasteiger charge is -1.99. The fraction of sp³-hybridized carbons (Fsp3) is 0. The van der Waals surface area contributed by atoms with Gasteiger partial charge in [-0.25, -0.2) is 0 Å². The summed E-state index contributed by atoms with van der Waals surface area (Å²) in [5, 5.41) is 4.81. The number of pyridine rings is 1. The Morgan fingerprint density at radius 1 is 1.06 bits per heavy atom. The lowest BCUT2D eigenvalue weighted by atomic mass is 10.3. The van der Waals surface area contributed by atoms with Gasteiger partial charge in [0.15, 0.2) is 0 Å². The number of hydrogen-bond acceptors (Lipinski definition) is 3. The van der Waals surface area contributed by atoms with Crippen LogP contribution in [0, 0.1) is 0 Å².